The van der Waals surface area contributed by atoms with E-state index in [1.807, 2.05) is 29.2 Å². The Morgan fingerprint density at radius 3 is 2.83 bits per heavy atom. The summed E-state index contributed by atoms with van der Waals surface area (Å²) in [5, 5.41) is 1.47. The number of aromatic amines is 1. The fourth-order valence-electron chi connectivity index (χ4n) is 3.74. The number of methoxy groups -OCH3 is 1. The van der Waals surface area contributed by atoms with Crippen LogP contribution in [-0.4, -0.2) is 57.9 Å². The number of piperidine rings is 1. The van der Waals surface area contributed by atoms with Crippen molar-refractivity contribution in [3.63, 3.8) is 0 Å². The number of aromatic nitrogens is 3. The van der Waals surface area contributed by atoms with E-state index >= 15 is 0 Å². The highest BCUT2D eigenvalue weighted by Gasteiger charge is 2.22. The number of carbonyl (C=O) groups excluding carboxylic acids is 1. The minimum Gasteiger partial charge on any atom is -0.383 e. The first-order valence-electron chi connectivity index (χ1n) is 9.99. The normalized spacial score (nSPS) is 15.4. The van der Waals surface area contributed by atoms with Gasteiger partial charge < -0.3 is 14.6 Å². The Kier molecular flexibility index (Phi) is 5.91. The molecule has 7 nitrogen and oxygen atoms in total. The minimum atomic E-state index is -0.134. The molecule has 0 atom stereocenters. The van der Waals surface area contributed by atoms with Gasteiger partial charge in [-0.1, -0.05) is 36.9 Å². The minimum absolute atomic E-state index is 0.105. The highest BCUT2D eigenvalue weighted by atomic mass is 32.2. The molecule has 0 bridgehead atoms. The van der Waals surface area contributed by atoms with E-state index in [1.54, 1.807) is 11.7 Å². The van der Waals surface area contributed by atoms with Crippen LogP contribution >= 0.6 is 11.8 Å². The summed E-state index contributed by atoms with van der Waals surface area (Å²) in [6.07, 6.45) is 2.10. The number of para-hydroxylation sites is 1. The zero-order valence-electron chi connectivity index (χ0n) is 16.8. The molecule has 0 spiro atoms. The molecule has 0 radical (unpaired) electrons. The van der Waals surface area contributed by atoms with Crippen molar-refractivity contribution in [3.8, 4) is 0 Å². The molecule has 3 heterocycles. The molecule has 154 valence electrons. The number of ether oxygens (including phenoxy) is 1. The second kappa shape index (κ2) is 8.59. The maximum absolute atomic E-state index is 13.1. The van der Waals surface area contributed by atoms with Crippen LogP contribution in [0, 0.1) is 5.92 Å². The number of H-pyrrole nitrogens is 1. The van der Waals surface area contributed by atoms with Gasteiger partial charge in [0.05, 0.1) is 18.9 Å². The number of fused-ring (bicyclic) bond motifs is 3. The van der Waals surface area contributed by atoms with E-state index in [2.05, 4.69) is 11.9 Å². The molecule has 2 aromatic heterocycles. The summed E-state index contributed by atoms with van der Waals surface area (Å²) >= 11 is 1.33. The van der Waals surface area contributed by atoms with E-state index in [4.69, 9.17) is 9.72 Å². The third-order valence-corrected chi connectivity index (χ3v) is 6.52. The molecule has 1 aliphatic rings. The van der Waals surface area contributed by atoms with Gasteiger partial charge >= 0.3 is 0 Å². The van der Waals surface area contributed by atoms with Crippen LogP contribution in [0.5, 0.6) is 0 Å². The molecule has 4 rings (SSSR count). The lowest BCUT2D eigenvalue weighted by atomic mass is 9.99. The van der Waals surface area contributed by atoms with Crippen LogP contribution in [0.1, 0.15) is 19.8 Å². The molecular weight excluding hydrogens is 388 g/mol. The van der Waals surface area contributed by atoms with Crippen molar-refractivity contribution in [3.05, 3.63) is 34.6 Å². The largest absolute Gasteiger partial charge is 0.383 e. The Balaban J connectivity index is 1.65. The molecule has 1 N–H and O–H groups in total. The summed E-state index contributed by atoms with van der Waals surface area (Å²) in [5.74, 6) is 1.06. The lowest BCUT2D eigenvalue weighted by molar-refractivity contribution is -0.129. The van der Waals surface area contributed by atoms with Gasteiger partial charge in [-0.3, -0.25) is 14.2 Å². The Hall–Kier alpha value is -2.32. The van der Waals surface area contributed by atoms with E-state index < -0.39 is 0 Å². The van der Waals surface area contributed by atoms with Crippen LogP contribution in [0.4, 0.5) is 0 Å². The molecule has 1 aromatic carbocycles. The van der Waals surface area contributed by atoms with Gasteiger partial charge in [0.15, 0.2) is 5.16 Å². The maximum Gasteiger partial charge on any atom is 0.278 e. The van der Waals surface area contributed by atoms with Crippen molar-refractivity contribution in [2.75, 3.05) is 32.6 Å². The number of hydrogen-bond acceptors (Lipinski definition) is 5. The first-order valence-corrected chi connectivity index (χ1v) is 11.0. The first-order chi connectivity index (χ1) is 14.1. The molecule has 0 aliphatic carbocycles. The van der Waals surface area contributed by atoms with Crippen molar-refractivity contribution in [1.82, 2.24) is 19.4 Å². The second-order valence-corrected chi connectivity index (χ2v) is 8.53. The molecule has 29 heavy (non-hydrogen) atoms. The zero-order chi connectivity index (χ0) is 20.4. The molecule has 1 saturated heterocycles. The maximum atomic E-state index is 13.1. The molecule has 3 aromatic rings. The fourth-order valence-corrected chi connectivity index (χ4v) is 4.66. The summed E-state index contributed by atoms with van der Waals surface area (Å²) < 4.78 is 6.78. The topological polar surface area (TPSA) is 80.2 Å². The van der Waals surface area contributed by atoms with Crippen LogP contribution < -0.4 is 5.56 Å². The average Bonchev–Trinajstić information content (AvgIpc) is 3.11. The van der Waals surface area contributed by atoms with Crippen molar-refractivity contribution >= 4 is 39.6 Å². The van der Waals surface area contributed by atoms with Gasteiger partial charge in [0.1, 0.15) is 11.0 Å². The van der Waals surface area contributed by atoms with E-state index in [-0.39, 0.29) is 17.2 Å². The van der Waals surface area contributed by atoms with Gasteiger partial charge in [-0.05, 0) is 24.8 Å². The molecular formula is C21H26N4O3S. The Morgan fingerprint density at radius 1 is 1.31 bits per heavy atom. The van der Waals surface area contributed by atoms with Gasteiger partial charge in [-0.15, -0.1) is 0 Å². The number of nitrogens with one attached hydrogen (secondary N) is 1. The van der Waals surface area contributed by atoms with Crippen LogP contribution in [0.15, 0.2) is 34.2 Å². The van der Waals surface area contributed by atoms with Gasteiger partial charge in [0.2, 0.25) is 5.91 Å². The average molecular weight is 415 g/mol. The van der Waals surface area contributed by atoms with Crippen molar-refractivity contribution in [1.29, 1.82) is 0 Å². The van der Waals surface area contributed by atoms with Crippen molar-refractivity contribution in [2.45, 2.75) is 31.5 Å². The van der Waals surface area contributed by atoms with Crippen molar-refractivity contribution in [2.24, 2.45) is 5.92 Å². The fraction of sp³-hybridized carbons (Fsp3) is 0.476. The summed E-state index contributed by atoms with van der Waals surface area (Å²) in [6.45, 7) is 4.65. The van der Waals surface area contributed by atoms with E-state index in [9.17, 15) is 9.59 Å². The van der Waals surface area contributed by atoms with Gasteiger partial charge in [0.25, 0.3) is 5.56 Å². The number of benzene rings is 1. The Morgan fingerprint density at radius 2 is 2.07 bits per heavy atom. The predicted octanol–water partition coefficient (Wildman–Crippen LogP) is 2.87. The summed E-state index contributed by atoms with van der Waals surface area (Å²) in [5.41, 5.74) is 1.89. The van der Waals surface area contributed by atoms with Crippen LogP contribution in [0.2, 0.25) is 0 Å². The highest BCUT2D eigenvalue weighted by molar-refractivity contribution is 7.99. The lowest BCUT2D eigenvalue weighted by Crippen LogP contribution is -2.39. The van der Waals surface area contributed by atoms with Crippen molar-refractivity contribution < 1.29 is 9.53 Å². The predicted molar refractivity (Wildman–Crippen MR) is 115 cm³/mol. The summed E-state index contributed by atoms with van der Waals surface area (Å²) in [4.78, 5) is 35.7. The van der Waals surface area contributed by atoms with E-state index in [0.29, 0.717) is 35.3 Å². The molecule has 1 aliphatic heterocycles. The molecule has 0 unspecified atom stereocenters. The molecule has 0 saturated carbocycles. The van der Waals surface area contributed by atoms with Crippen LogP contribution in [-0.2, 0) is 16.1 Å². The Labute approximate surface area is 173 Å². The quantitative estimate of drug-likeness (QED) is 0.496. The number of likely N-dealkylation sites (tertiary alicyclic amines) is 1. The third-order valence-electron chi connectivity index (χ3n) is 5.56. The summed E-state index contributed by atoms with van der Waals surface area (Å²) in [7, 11) is 1.60. The third kappa shape index (κ3) is 4.04. The van der Waals surface area contributed by atoms with Gasteiger partial charge in [-0.2, -0.15) is 0 Å². The molecule has 8 heteroatoms. The molecule has 1 fully saturated rings. The molecule has 1 amide bonds. The van der Waals surface area contributed by atoms with Crippen LogP contribution in [0.25, 0.3) is 21.9 Å². The number of carbonyl (C=O) groups is 1. The Bertz CT molecular complexity index is 1080. The highest BCUT2D eigenvalue weighted by Crippen LogP contribution is 2.25. The first kappa shape index (κ1) is 20.0. The van der Waals surface area contributed by atoms with E-state index in [1.165, 1.54) is 11.8 Å². The number of hydrogen-bond donors (Lipinski definition) is 1. The van der Waals surface area contributed by atoms with Gasteiger partial charge in [0, 0.05) is 31.1 Å². The SMILES string of the molecule is COCCn1c(SCC(=O)N2CCC(C)CC2)nc2c([nH]c3ccccc32)c1=O. The second-order valence-electron chi connectivity index (χ2n) is 7.59. The van der Waals surface area contributed by atoms with Crippen LogP contribution in [0.3, 0.4) is 0 Å². The standard InChI is InChI=1S/C21H26N4O3S/c1-14-7-9-24(10-8-14)17(26)13-29-21-23-18-15-5-3-4-6-16(15)22-19(18)20(27)25(21)11-12-28-2/h3-6,14,22H,7-13H2,1-2H3. The number of rotatable bonds is 6. The number of amides is 1. The summed E-state index contributed by atoms with van der Waals surface area (Å²) in [6, 6.07) is 7.74. The number of nitrogens with zero attached hydrogens (tertiary/aromatic N) is 3. The lowest BCUT2D eigenvalue weighted by Gasteiger charge is -2.30. The van der Waals surface area contributed by atoms with Gasteiger partial charge in [-0.25, -0.2) is 4.98 Å². The number of thioether (sulfide) groups is 1. The van der Waals surface area contributed by atoms with E-state index in [0.717, 1.165) is 36.8 Å². The zero-order valence-corrected chi connectivity index (χ0v) is 17.6. The smallest absolute Gasteiger partial charge is 0.278 e. The monoisotopic (exact) mass is 414 g/mol.